The number of likely N-dealkylation sites (tertiary alicyclic amines) is 1. The number of para-hydroxylation sites is 1. The number of carbonyl (C=O) groups is 5. The number of morpholine rings is 1. The van der Waals surface area contributed by atoms with Crippen LogP contribution in [0.1, 0.15) is 43.1 Å². The lowest BCUT2D eigenvalue weighted by Gasteiger charge is -2.35. The second-order valence-electron chi connectivity index (χ2n) is 12.1. The van der Waals surface area contributed by atoms with Crippen molar-refractivity contribution in [2.45, 2.75) is 44.7 Å². The summed E-state index contributed by atoms with van der Waals surface area (Å²) in [4.78, 5) is 75.6. The Kier molecular flexibility index (Phi) is 12.0. The Morgan fingerprint density at radius 1 is 1.02 bits per heavy atom. The van der Waals surface area contributed by atoms with Crippen molar-refractivity contribution in [3.63, 3.8) is 0 Å². The van der Waals surface area contributed by atoms with Gasteiger partial charge < -0.3 is 39.3 Å². The van der Waals surface area contributed by atoms with Gasteiger partial charge in [0.15, 0.2) is 6.61 Å². The fourth-order valence-corrected chi connectivity index (χ4v) is 6.34. The molecule has 1 unspecified atom stereocenters. The highest BCUT2D eigenvalue weighted by Crippen LogP contribution is 2.27. The van der Waals surface area contributed by atoms with E-state index >= 15 is 0 Å². The highest BCUT2D eigenvalue weighted by Gasteiger charge is 2.33. The Morgan fingerprint density at radius 3 is 2.48 bits per heavy atom. The minimum absolute atomic E-state index is 0.0391. The molecule has 15 nitrogen and oxygen atoms in total. The first-order valence-corrected chi connectivity index (χ1v) is 16.6. The standard InChI is InChI=1S/C33H44N6O9/c1-2-47-33(45)38-14-12-37(13-15-38)32(44)26(9-10-30(41)42)35-31(43)27-20-28(24-7-3-4-8-25(24)34-27)48-22-29(40)39-11-5-6-23(39)21-36-16-18-46-19-17-36/h3-4,7-8,20,23,26H,2,5-6,9-19,21-22H2,1H3,(H,35,43)(H,41,42)/t23-,26?/m0/s1. The van der Waals surface area contributed by atoms with Crippen molar-refractivity contribution in [1.82, 2.24) is 29.9 Å². The predicted octanol–water partition coefficient (Wildman–Crippen LogP) is 1.20. The van der Waals surface area contributed by atoms with Gasteiger partial charge in [-0.2, -0.15) is 0 Å². The van der Waals surface area contributed by atoms with E-state index in [1.54, 1.807) is 31.2 Å². The summed E-state index contributed by atoms with van der Waals surface area (Å²) in [5.41, 5.74) is 0.422. The zero-order chi connectivity index (χ0) is 34.0. The Labute approximate surface area is 279 Å². The number of amides is 4. The van der Waals surface area contributed by atoms with Crippen LogP contribution >= 0.6 is 0 Å². The van der Waals surface area contributed by atoms with Gasteiger partial charge in [0.2, 0.25) is 5.91 Å². The molecule has 4 amide bonds. The summed E-state index contributed by atoms with van der Waals surface area (Å²) >= 11 is 0. The van der Waals surface area contributed by atoms with E-state index in [4.69, 9.17) is 14.2 Å². The maximum atomic E-state index is 13.6. The van der Waals surface area contributed by atoms with Crippen molar-refractivity contribution in [2.24, 2.45) is 0 Å². The van der Waals surface area contributed by atoms with Gasteiger partial charge in [0, 0.05) is 76.3 Å². The van der Waals surface area contributed by atoms with Gasteiger partial charge in [-0.3, -0.25) is 24.1 Å². The molecule has 2 aromatic rings. The molecule has 48 heavy (non-hydrogen) atoms. The molecule has 0 bridgehead atoms. The van der Waals surface area contributed by atoms with Gasteiger partial charge in [0.1, 0.15) is 17.5 Å². The maximum Gasteiger partial charge on any atom is 0.409 e. The Balaban J connectivity index is 1.26. The first-order valence-electron chi connectivity index (χ1n) is 16.6. The second kappa shape index (κ2) is 16.6. The maximum absolute atomic E-state index is 13.6. The Hall–Kier alpha value is -4.50. The van der Waals surface area contributed by atoms with Crippen LogP contribution in [0.5, 0.6) is 5.75 Å². The summed E-state index contributed by atoms with van der Waals surface area (Å²) in [5.74, 6) is -2.08. The molecule has 3 aliphatic heterocycles. The van der Waals surface area contributed by atoms with Crippen LogP contribution in [0.2, 0.25) is 0 Å². The third-order valence-corrected chi connectivity index (χ3v) is 8.90. The number of hydrogen-bond donors (Lipinski definition) is 2. The van der Waals surface area contributed by atoms with Crippen LogP contribution in [0.15, 0.2) is 30.3 Å². The lowest BCUT2D eigenvalue weighted by molar-refractivity contribution is -0.138. The van der Waals surface area contributed by atoms with Gasteiger partial charge in [-0.1, -0.05) is 12.1 Å². The summed E-state index contributed by atoms with van der Waals surface area (Å²) in [5, 5.41) is 12.6. The number of rotatable bonds is 12. The molecule has 3 saturated heterocycles. The van der Waals surface area contributed by atoms with Crippen molar-refractivity contribution in [2.75, 3.05) is 78.8 Å². The van der Waals surface area contributed by atoms with Gasteiger partial charge in [0.05, 0.1) is 25.3 Å². The number of aromatic nitrogens is 1. The molecular formula is C33H44N6O9. The SMILES string of the molecule is CCOC(=O)N1CCN(C(=O)C(CCC(=O)O)NC(=O)c2cc(OCC(=O)N3CCC[C@H]3CN3CCOCC3)c3ccccc3n2)CC1. The smallest absolute Gasteiger partial charge is 0.409 e. The van der Waals surface area contributed by atoms with Crippen molar-refractivity contribution < 1.29 is 43.3 Å². The molecule has 5 rings (SSSR count). The summed E-state index contributed by atoms with van der Waals surface area (Å²) in [6.45, 7) is 7.18. The molecule has 3 aliphatic rings. The molecule has 3 fully saturated rings. The van der Waals surface area contributed by atoms with E-state index in [2.05, 4.69) is 15.2 Å². The third kappa shape index (κ3) is 8.89. The van der Waals surface area contributed by atoms with E-state index < -0.39 is 29.9 Å². The molecule has 0 saturated carbocycles. The van der Waals surface area contributed by atoms with Crippen LogP contribution in [0.25, 0.3) is 10.9 Å². The minimum atomic E-state index is -1.14. The normalized spacial score (nSPS) is 19.2. The number of carbonyl (C=O) groups excluding carboxylic acids is 4. The fourth-order valence-electron chi connectivity index (χ4n) is 6.34. The molecule has 2 atom stereocenters. The number of ether oxygens (including phenoxy) is 3. The molecular weight excluding hydrogens is 624 g/mol. The number of piperazine rings is 1. The first kappa shape index (κ1) is 34.8. The molecule has 0 spiro atoms. The number of carboxylic acid groups (broad SMARTS) is 1. The predicted molar refractivity (Wildman–Crippen MR) is 173 cm³/mol. The average Bonchev–Trinajstić information content (AvgIpc) is 3.57. The van der Waals surface area contributed by atoms with E-state index in [9.17, 15) is 29.1 Å². The Bertz CT molecular complexity index is 1470. The lowest BCUT2D eigenvalue weighted by atomic mass is 10.1. The van der Waals surface area contributed by atoms with Crippen LogP contribution < -0.4 is 10.1 Å². The van der Waals surface area contributed by atoms with Crippen molar-refractivity contribution in [3.05, 3.63) is 36.0 Å². The van der Waals surface area contributed by atoms with E-state index in [1.165, 1.54) is 15.9 Å². The van der Waals surface area contributed by atoms with Crippen LogP contribution in [-0.4, -0.2) is 150 Å². The zero-order valence-corrected chi connectivity index (χ0v) is 27.3. The minimum Gasteiger partial charge on any atom is -0.483 e. The van der Waals surface area contributed by atoms with Crippen molar-refractivity contribution in [1.29, 1.82) is 0 Å². The molecule has 2 N–H and O–H groups in total. The lowest BCUT2D eigenvalue weighted by Crippen LogP contribution is -2.56. The number of aliphatic carboxylic acids is 1. The van der Waals surface area contributed by atoms with E-state index in [-0.39, 0.29) is 69.9 Å². The van der Waals surface area contributed by atoms with Gasteiger partial charge >= 0.3 is 12.1 Å². The molecule has 1 aromatic carbocycles. The largest absolute Gasteiger partial charge is 0.483 e. The molecule has 260 valence electrons. The summed E-state index contributed by atoms with van der Waals surface area (Å²) < 4.78 is 16.5. The van der Waals surface area contributed by atoms with Crippen molar-refractivity contribution >= 4 is 40.7 Å². The number of carboxylic acids is 1. The Morgan fingerprint density at radius 2 is 1.75 bits per heavy atom. The van der Waals surface area contributed by atoms with E-state index in [0.29, 0.717) is 36.4 Å². The number of benzene rings is 1. The first-order chi connectivity index (χ1) is 23.2. The van der Waals surface area contributed by atoms with Crippen molar-refractivity contribution in [3.8, 4) is 5.75 Å². The zero-order valence-electron chi connectivity index (χ0n) is 27.3. The number of nitrogens with zero attached hydrogens (tertiary/aromatic N) is 5. The molecule has 15 heteroatoms. The van der Waals surface area contributed by atoms with Gasteiger partial charge in [-0.05, 0) is 38.3 Å². The molecule has 0 aliphatic carbocycles. The van der Waals surface area contributed by atoms with Gasteiger partial charge in [0.25, 0.3) is 11.8 Å². The number of nitrogens with one attached hydrogen (secondary N) is 1. The van der Waals surface area contributed by atoms with Crippen LogP contribution in [0.3, 0.4) is 0 Å². The highest BCUT2D eigenvalue weighted by atomic mass is 16.6. The highest BCUT2D eigenvalue weighted by molar-refractivity contribution is 5.99. The molecule has 4 heterocycles. The van der Waals surface area contributed by atoms with E-state index in [0.717, 1.165) is 32.5 Å². The monoisotopic (exact) mass is 668 g/mol. The third-order valence-electron chi connectivity index (χ3n) is 8.90. The summed E-state index contributed by atoms with van der Waals surface area (Å²) in [6, 6.07) is 7.48. The topological polar surface area (TPSA) is 171 Å². The molecule has 1 aromatic heterocycles. The second-order valence-corrected chi connectivity index (χ2v) is 12.1. The summed E-state index contributed by atoms with van der Waals surface area (Å²) in [7, 11) is 0. The van der Waals surface area contributed by atoms with E-state index in [1.807, 2.05) is 4.90 Å². The quantitative estimate of drug-likeness (QED) is 0.333. The fraction of sp³-hybridized carbons (Fsp3) is 0.576. The van der Waals surface area contributed by atoms with Crippen LogP contribution in [-0.2, 0) is 23.9 Å². The summed E-state index contributed by atoms with van der Waals surface area (Å²) in [6.07, 6.45) is 0.908. The van der Waals surface area contributed by atoms with Gasteiger partial charge in [-0.25, -0.2) is 9.78 Å². The van der Waals surface area contributed by atoms with Crippen LogP contribution in [0, 0.1) is 0 Å². The molecule has 0 radical (unpaired) electrons. The average molecular weight is 669 g/mol. The number of hydrogen-bond acceptors (Lipinski definition) is 10. The van der Waals surface area contributed by atoms with Crippen LogP contribution in [0.4, 0.5) is 4.79 Å². The number of fused-ring (bicyclic) bond motifs is 1. The number of pyridine rings is 1. The van der Waals surface area contributed by atoms with Gasteiger partial charge in [-0.15, -0.1) is 0 Å².